The molecule has 1 aromatic heterocycles. The van der Waals surface area contributed by atoms with E-state index in [2.05, 4.69) is 10.5 Å². The number of aromatic nitrogens is 1. The standard InChI is InChI=1S/C17H19ClN2O4/c1-9(2)8-13(21)19-10(3)14-15(20-24-16(14)17(22)23)11-4-6-12(18)7-5-11/h4-7,9-10H,8H2,1-3H3,(H,19,21)(H,22,23). The summed E-state index contributed by atoms with van der Waals surface area (Å²) in [5.74, 6) is -1.47. The summed E-state index contributed by atoms with van der Waals surface area (Å²) in [6.45, 7) is 5.58. The van der Waals surface area contributed by atoms with Crippen LogP contribution < -0.4 is 5.32 Å². The van der Waals surface area contributed by atoms with Crippen molar-refractivity contribution in [3.63, 3.8) is 0 Å². The van der Waals surface area contributed by atoms with Crippen molar-refractivity contribution in [2.45, 2.75) is 33.2 Å². The fourth-order valence-corrected chi connectivity index (χ4v) is 2.54. The van der Waals surface area contributed by atoms with Crippen LogP contribution in [0.15, 0.2) is 28.8 Å². The van der Waals surface area contributed by atoms with E-state index in [9.17, 15) is 14.7 Å². The Morgan fingerprint density at radius 2 is 1.88 bits per heavy atom. The van der Waals surface area contributed by atoms with Gasteiger partial charge in [0.1, 0.15) is 5.69 Å². The fraction of sp³-hybridized carbons (Fsp3) is 0.353. The molecular formula is C17H19ClN2O4. The summed E-state index contributed by atoms with van der Waals surface area (Å²) in [4.78, 5) is 23.4. The van der Waals surface area contributed by atoms with E-state index in [1.54, 1.807) is 31.2 Å². The molecule has 0 fully saturated rings. The third kappa shape index (κ3) is 4.14. The van der Waals surface area contributed by atoms with Gasteiger partial charge in [-0.05, 0) is 25.0 Å². The maximum atomic E-state index is 12.0. The number of benzene rings is 1. The van der Waals surface area contributed by atoms with Gasteiger partial charge in [0.2, 0.25) is 11.7 Å². The zero-order chi connectivity index (χ0) is 17.9. The molecular weight excluding hydrogens is 332 g/mol. The lowest BCUT2D eigenvalue weighted by molar-refractivity contribution is -0.122. The van der Waals surface area contributed by atoms with Crippen molar-refractivity contribution in [2.75, 3.05) is 0 Å². The molecule has 1 unspecified atom stereocenters. The molecule has 24 heavy (non-hydrogen) atoms. The first-order chi connectivity index (χ1) is 11.3. The number of nitrogens with zero attached hydrogens (tertiary/aromatic N) is 1. The SMILES string of the molecule is CC(C)CC(=O)NC(C)c1c(-c2ccc(Cl)cc2)noc1C(=O)O. The number of hydrogen-bond acceptors (Lipinski definition) is 4. The molecule has 0 bridgehead atoms. The Morgan fingerprint density at radius 1 is 1.25 bits per heavy atom. The molecule has 2 aromatic rings. The highest BCUT2D eigenvalue weighted by atomic mass is 35.5. The predicted molar refractivity (Wildman–Crippen MR) is 89.9 cm³/mol. The van der Waals surface area contributed by atoms with Crippen molar-refractivity contribution in [3.8, 4) is 11.3 Å². The lowest BCUT2D eigenvalue weighted by atomic mass is 10.00. The highest BCUT2D eigenvalue weighted by molar-refractivity contribution is 6.30. The number of amides is 1. The van der Waals surface area contributed by atoms with E-state index in [0.717, 1.165) is 0 Å². The number of rotatable bonds is 6. The lowest BCUT2D eigenvalue weighted by Crippen LogP contribution is -2.28. The van der Waals surface area contributed by atoms with E-state index in [1.807, 2.05) is 13.8 Å². The minimum Gasteiger partial charge on any atom is -0.475 e. The Labute approximate surface area is 144 Å². The van der Waals surface area contributed by atoms with Crippen molar-refractivity contribution in [3.05, 3.63) is 40.6 Å². The summed E-state index contributed by atoms with van der Waals surface area (Å²) in [7, 11) is 0. The van der Waals surface area contributed by atoms with E-state index in [0.29, 0.717) is 28.3 Å². The molecule has 0 radical (unpaired) electrons. The van der Waals surface area contributed by atoms with Gasteiger partial charge in [-0.1, -0.05) is 42.7 Å². The monoisotopic (exact) mass is 350 g/mol. The van der Waals surface area contributed by atoms with E-state index < -0.39 is 12.0 Å². The first-order valence-corrected chi connectivity index (χ1v) is 7.95. The summed E-state index contributed by atoms with van der Waals surface area (Å²) >= 11 is 5.88. The van der Waals surface area contributed by atoms with Gasteiger partial charge in [-0.25, -0.2) is 4.79 Å². The van der Waals surface area contributed by atoms with Gasteiger partial charge in [0.15, 0.2) is 0 Å². The highest BCUT2D eigenvalue weighted by Gasteiger charge is 2.27. The van der Waals surface area contributed by atoms with Crippen LogP contribution in [0.25, 0.3) is 11.3 Å². The van der Waals surface area contributed by atoms with E-state index in [1.165, 1.54) is 0 Å². The maximum absolute atomic E-state index is 12.0. The fourth-order valence-electron chi connectivity index (χ4n) is 2.41. The lowest BCUT2D eigenvalue weighted by Gasteiger charge is -2.15. The van der Waals surface area contributed by atoms with Crippen LogP contribution in [-0.2, 0) is 4.79 Å². The van der Waals surface area contributed by atoms with Crippen molar-refractivity contribution < 1.29 is 19.2 Å². The number of carbonyl (C=O) groups is 2. The minimum absolute atomic E-state index is 0.155. The highest BCUT2D eigenvalue weighted by Crippen LogP contribution is 2.31. The second-order valence-corrected chi connectivity index (χ2v) is 6.41. The van der Waals surface area contributed by atoms with Crippen molar-refractivity contribution in [1.82, 2.24) is 10.5 Å². The molecule has 1 atom stereocenters. The van der Waals surface area contributed by atoms with Crippen LogP contribution in [0.2, 0.25) is 5.02 Å². The van der Waals surface area contributed by atoms with E-state index in [-0.39, 0.29) is 17.6 Å². The minimum atomic E-state index is -1.23. The summed E-state index contributed by atoms with van der Waals surface area (Å²) in [6.07, 6.45) is 0.355. The van der Waals surface area contributed by atoms with Crippen molar-refractivity contribution in [2.24, 2.45) is 5.92 Å². The van der Waals surface area contributed by atoms with Crippen LogP contribution in [0.3, 0.4) is 0 Å². The molecule has 6 nitrogen and oxygen atoms in total. The van der Waals surface area contributed by atoms with Crippen molar-refractivity contribution in [1.29, 1.82) is 0 Å². The maximum Gasteiger partial charge on any atom is 0.375 e. The Kier molecular flexibility index (Phi) is 5.62. The first-order valence-electron chi connectivity index (χ1n) is 7.57. The van der Waals surface area contributed by atoms with Crippen LogP contribution in [0.4, 0.5) is 0 Å². The molecule has 0 spiro atoms. The zero-order valence-corrected chi connectivity index (χ0v) is 14.4. The van der Waals surface area contributed by atoms with E-state index >= 15 is 0 Å². The Morgan fingerprint density at radius 3 is 2.42 bits per heavy atom. The summed E-state index contributed by atoms with van der Waals surface area (Å²) in [5.41, 5.74) is 1.37. The van der Waals surface area contributed by atoms with Gasteiger partial charge in [0, 0.05) is 17.0 Å². The van der Waals surface area contributed by atoms with Gasteiger partial charge in [-0.2, -0.15) is 0 Å². The number of carboxylic acids is 1. The third-order valence-electron chi connectivity index (χ3n) is 3.44. The number of aromatic carboxylic acids is 1. The second-order valence-electron chi connectivity index (χ2n) is 5.97. The molecule has 2 rings (SSSR count). The first kappa shape index (κ1) is 18.0. The topological polar surface area (TPSA) is 92.4 Å². The molecule has 0 saturated carbocycles. The number of carbonyl (C=O) groups excluding carboxylic acids is 1. The Bertz CT molecular complexity index is 738. The second kappa shape index (κ2) is 7.49. The van der Waals surface area contributed by atoms with Gasteiger partial charge >= 0.3 is 5.97 Å². The molecule has 0 saturated heterocycles. The van der Waals surface area contributed by atoms with Gasteiger partial charge in [-0.15, -0.1) is 0 Å². The molecule has 1 amide bonds. The molecule has 2 N–H and O–H groups in total. The number of carboxylic acid groups (broad SMARTS) is 1. The van der Waals surface area contributed by atoms with Crippen LogP contribution in [0.5, 0.6) is 0 Å². The molecule has 0 aliphatic heterocycles. The summed E-state index contributed by atoms with van der Waals surface area (Å²) in [6, 6.07) is 6.24. The Balaban J connectivity index is 2.39. The number of halogens is 1. The van der Waals surface area contributed by atoms with Crippen LogP contribution in [0, 0.1) is 5.92 Å². The van der Waals surface area contributed by atoms with Gasteiger partial charge in [-0.3, -0.25) is 4.79 Å². The average Bonchev–Trinajstić information content (AvgIpc) is 2.92. The average molecular weight is 351 g/mol. The largest absolute Gasteiger partial charge is 0.475 e. The van der Waals surface area contributed by atoms with Gasteiger partial charge in [0.25, 0.3) is 0 Å². The summed E-state index contributed by atoms with van der Waals surface area (Å²) in [5, 5.41) is 16.6. The smallest absolute Gasteiger partial charge is 0.375 e. The molecule has 7 heteroatoms. The zero-order valence-electron chi connectivity index (χ0n) is 13.7. The van der Waals surface area contributed by atoms with Crippen LogP contribution in [0.1, 0.15) is 49.4 Å². The van der Waals surface area contributed by atoms with Crippen LogP contribution in [-0.4, -0.2) is 22.1 Å². The third-order valence-corrected chi connectivity index (χ3v) is 3.70. The quantitative estimate of drug-likeness (QED) is 0.823. The van der Waals surface area contributed by atoms with Gasteiger partial charge < -0.3 is 14.9 Å². The normalized spacial score (nSPS) is 12.2. The molecule has 0 aliphatic carbocycles. The number of hydrogen-bond donors (Lipinski definition) is 2. The molecule has 1 aromatic carbocycles. The van der Waals surface area contributed by atoms with Crippen LogP contribution >= 0.6 is 11.6 Å². The molecule has 1 heterocycles. The summed E-state index contributed by atoms with van der Waals surface area (Å²) < 4.78 is 4.99. The van der Waals surface area contributed by atoms with Crippen molar-refractivity contribution >= 4 is 23.5 Å². The Hall–Kier alpha value is -2.34. The molecule has 0 aliphatic rings. The predicted octanol–water partition coefficient (Wildman–Crippen LogP) is 3.92. The van der Waals surface area contributed by atoms with Gasteiger partial charge in [0.05, 0.1) is 11.6 Å². The number of nitrogens with one attached hydrogen (secondary N) is 1. The molecule has 128 valence electrons. The van der Waals surface area contributed by atoms with E-state index in [4.69, 9.17) is 16.1 Å².